The van der Waals surface area contributed by atoms with Gasteiger partial charge in [-0.3, -0.25) is 4.68 Å². The normalized spacial score (nSPS) is 10.5. The van der Waals surface area contributed by atoms with Crippen molar-refractivity contribution in [1.82, 2.24) is 9.78 Å². The van der Waals surface area contributed by atoms with E-state index in [0.29, 0.717) is 18.0 Å². The molecular formula is C14H17N3O3. The Balaban J connectivity index is 2.18. The largest absolute Gasteiger partial charge is 0.485 e. The second-order valence-electron chi connectivity index (χ2n) is 4.44. The van der Waals surface area contributed by atoms with Gasteiger partial charge in [-0.1, -0.05) is 0 Å². The van der Waals surface area contributed by atoms with E-state index in [0.717, 1.165) is 17.9 Å². The summed E-state index contributed by atoms with van der Waals surface area (Å²) >= 11 is 0. The Hall–Kier alpha value is -2.50. The van der Waals surface area contributed by atoms with E-state index in [-0.39, 0.29) is 5.56 Å². The van der Waals surface area contributed by atoms with Gasteiger partial charge in [0.25, 0.3) is 0 Å². The number of anilines is 1. The van der Waals surface area contributed by atoms with Gasteiger partial charge in [-0.2, -0.15) is 5.10 Å². The lowest BCUT2D eigenvalue weighted by molar-refractivity contribution is 0.0696. The lowest BCUT2D eigenvalue weighted by Gasteiger charge is -2.10. The topological polar surface area (TPSA) is 90.4 Å². The number of nitrogens with two attached hydrogens (primary N) is 1. The summed E-state index contributed by atoms with van der Waals surface area (Å²) < 4.78 is 7.46. The Morgan fingerprint density at radius 1 is 1.45 bits per heavy atom. The molecule has 0 amide bonds. The zero-order valence-corrected chi connectivity index (χ0v) is 11.5. The zero-order valence-electron chi connectivity index (χ0n) is 11.5. The molecule has 0 bridgehead atoms. The number of hydrogen-bond donors (Lipinski definition) is 2. The number of carboxylic acid groups (broad SMARTS) is 1. The van der Waals surface area contributed by atoms with Crippen molar-refractivity contribution in [2.45, 2.75) is 27.0 Å². The molecule has 106 valence electrons. The van der Waals surface area contributed by atoms with Gasteiger partial charge >= 0.3 is 5.97 Å². The van der Waals surface area contributed by atoms with Crippen LogP contribution in [0.2, 0.25) is 0 Å². The van der Waals surface area contributed by atoms with Crippen LogP contribution in [0.25, 0.3) is 0 Å². The standard InChI is InChI=1S/C14H17N3O3/c1-3-17-11(6-9(2)16-17)8-20-13-7-10(14(18)19)4-5-12(13)15/h4-7H,3,8,15H2,1-2H3,(H,18,19). The molecule has 3 N–H and O–H groups in total. The van der Waals surface area contributed by atoms with Gasteiger partial charge in [0.2, 0.25) is 0 Å². The molecule has 0 aliphatic carbocycles. The van der Waals surface area contributed by atoms with Gasteiger partial charge in [0.1, 0.15) is 12.4 Å². The van der Waals surface area contributed by atoms with E-state index < -0.39 is 5.97 Å². The molecule has 0 spiro atoms. The van der Waals surface area contributed by atoms with Crippen LogP contribution in [-0.4, -0.2) is 20.9 Å². The minimum atomic E-state index is -1.01. The summed E-state index contributed by atoms with van der Waals surface area (Å²) in [6.45, 7) is 4.95. The van der Waals surface area contributed by atoms with Gasteiger partial charge in [-0.05, 0) is 38.1 Å². The first-order valence-corrected chi connectivity index (χ1v) is 6.30. The summed E-state index contributed by atoms with van der Waals surface area (Å²) in [5.74, 6) is -0.643. The van der Waals surface area contributed by atoms with Gasteiger partial charge in [0.15, 0.2) is 0 Å². The Labute approximate surface area is 116 Å². The number of aryl methyl sites for hydroxylation is 2. The molecule has 0 saturated heterocycles. The van der Waals surface area contributed by atoms with Crippen molar-refractivity contribution < 1.29 is 14.6 Å². The Kier molecular flexibility index (Phi) is 3.93. The second kappa shape index (κ2) is 5.64. The molecule has 0 radical (unpaired) electrons. The van der Waals surface area contributed by atoms with Crippen LogP contribution in [0.5, 0.6) is 5.75 Å². The SMILES string of the molecule is CCn1nc(C)cc1COc1cc(C(=O)O)ccc1N. The molecule has 6 nitrogen and oxygen atoms in total. The van der Waals surface area contributed by atoms with Crippen molar-refractivity contribution in [1.29, 1.82) is 0 Å². The molecule has 0 unspecified atom stereocenters. The van der Waals surface area contributed by atoms with Crippen molar-refractivity contribution in [3.05, 3.63) is 41.2 Å². The minimum absolute atomic E-state index is 0.148. The number of rotatable bonds is 5. The quantitative estimate of drug-likeness (QED) is 0.815. The molecule has 0 saturated carbocycles. The number of nitrogen functional groups attached to an aromatic ring is 1. The highest BCUT2D eigenvalue weighted by atomic mass is 16.5. The van der Waals surface area contributed by atoms with E-state index in [4.69, 9.17) is 15.6 Å². The Bertz CT molecular complexity index is 635. The number of aromatic carboxylic acids is 1. The van der Waals surface area contributed by atoms with Crippen LogP contribution in [0.15, 0.2) is 24.3 Å². The van der Waals surface area contributed by atoms with E-state index in [1.807, 2.05) is 24.6 Å². The molecule has 0 fully saturated rings. The number of nitrogens with zero attached hydrogens (tertiary/aromatic N) is 2. The van der Waals surface area contributed by atoms with Gasteiger partial charge in [-0.15, -0.1) is 0 Å². The van der Waals surface area contributed by atoms with Gasteiger partial charge in [-0.25, -0.2) is 4.79 Å². The molecular weight excluding hydrogens is 258 g/mol. The maximum Gasteiger partial charge on any atom is 0.335 e. The van der Waals surface area contributed by atoms with Crippen LogP contribution < -0.4 is 10.5 Å². The molecule has 2 rings (SSSR count). The third-order valence-corrected chi connectivity index (χ3v) is 2.92. The second-order valence-corrected chi connectivity index (χ2v) is 4.44. The molecule has 0 aliphatic rings. The third kappa shape index (κ3) is 2.90. The van der Waals surface area contributed by atoms with Crippen LogP contribution in [0.3, 0.4) is 0 Å². The molecule has 1 aromatic heterocycles. The van der Waals surface area contributed by atoms with E-state index in [9.17, 15) is 4.79 Å². The van der Waals surface area contributed by atoms with Gasteiger partial charge < -0.3 is 15.6 Å². The summed E-state index contributed by atoms with van der Waals surface area (Å²) in [6.07, 6.45) is 0. The van der Waals surface area contributed by atoms with E-state index in [1.54, 1.807) is 0 Å². The van der Waals surface area contributed by atoms with E-state index in [2.05, 4.69) is 5.10 Å². The van der Waals surface area contributed by atoms with Crippen LogP contribution in [0.4, 0.5) is 5.69 Å². The first-order chi connectivity index (χ1) is 9.51. The predicted octanol–water partition coefficient (Wildman–Crippen LogP) is 2.07. The summed E-state index contributed by atoms with van der Waals surface area (Å²) in [6, 6.07) is 6.34. The molecule has 1 heterocycles. The van der Waals surface area contributed by atoms with Gasteiger partial charge in [0.05, 0.1) is 22.6 Å². The zero-order chi connectivity index (χ0) is 14.7. The first-order valence-electron chi connectivity index (χ1n) is 6.30. The molecule has 2 aromatic rings. The molecule has 6 heteroatoms. The number of carboxylic acids is 1. The highest BCUT2D eigenvalue weighted by Crippen LogP contribution is 2.24. The Morgan fingerprint density at radius 3 is 2.85 bits per heavy atom. The first kappa shape index (κ1) is 13.9. The molecule has 0 aliphatic heterocycles. The maximum absolute atomic E-state index is 10.9. The number of hydrogen-bond acceptors (Lipinski definition) is 4. The maximum atomic E-state index is 10.9. The van der Waals surface area contributed by atoms with Crippen LogP contribution in [-0.2, 0) is 13.2 Å². The molecule has 0 atom stereocenters. The van der Waals surface area contributed by atoms with Crippen molar-refractivity contribution in [3.8, 4) is 5.75 Å². The average Bonchev–Trinajstić information content (AvgIpc) is 2.77. The van der Waals surface area contributed by atoms with Crippen LogP contribution in [0, 0.1) is 6.92 Å². The highest BCUT2D eigenvalue weighted by Gasteiger charge is 2.10. The number of ether oxygens (including phenoxy) is 1. The third-order valence-electron chi connectivity index (χ3n) is 2.92. The van der Waals surface area contributed by atoms with Gasteiger partial charge in [0, 0.05) is 6.54 Å². The fourth-order valence-electron chi connectivity index (χ4n) is 1.93. The van der Waals surface area contributed by atoms with Crippen molar-refractivity contribution in [3.63, 3.8) is 0 Å². The monoisotopic (exact) mass is 275 g/mol. The average molecular weight is 275 g/mol. The minimum Gasteiger partial charge on any atom is -0.485 e. The van der Waals surface area contributed by atoms with Crippen LogP contribution in [0.1, 0.15) is 28.7 Å². The number of benzene rings is 1. The van der Waals surface area contributed by atoms with E-state index in [1.165, 1.54) is 18.2 Å². The Morgan fingerprint density at radius 2 is 2.20 bits per heavy atom. The predicted molar refractivity (Wildman–Crippen MR) is 74.8 cm³/mol. The van der Waals surface area contributed by atoms with Crippen molar-refractivity contribution >= 4 is 11.7 Å². The molecule has 20 heavy (non-hydrogen) atoms. The highest BCUT2D eigenvalue weighted by molar-refractivity contribution is 5.89. The molecule has 1 aromatic carbocycles. The van der Waals surface area contributed by atoms with Crippen molar-refractivity contribution in [2.24, 2.45) is 0 Å². The number of carbonyl (C=O) groups is 1. The lowest BCUT2D eigenvalue weighted by Crippen LogP contribution is -2.07. The summed E-state index contributed by atoms with van der Waals surface area (Å²) in [7, 11) is 0. The number of aromatic nitrogens is 2. The summed E-state index contributed by atoms with van der Waals surface area (Å²) in [5.41, 5.74) is 8.18. The van der Waals surface area contributed by atoms with Crippen molar-refractivity contribution in [2.75, 3.05) is 5.73 Å². The fourth-order valence-corrected chi connectivity index (χ4v) is 1.93. The van der Waals surface area contributed by atoms with Crippen LogP contribution >= 0.6 is 0 Å². The van der Waals surface area contributed by atoms with E-state index >= 15 is 0 Å². The fraction of sp³-hybridized carbons (Fsp3) is 0.286. The smallest absolute Gasteiger partial charge is 0.335 e. The lowest BCUT2D eigenvalue weighted by atomic mass is 10.2. The summed E-state index contributed by atoms with van der Waals surface area (Å²) in [5, 5.41) is 13.3. The summed E-state index contributed by atoms with van der Waals surface area (Å²) in [4.78, 5) is 10.9.